The standard InChI is InChI=1S/C17H15NO9/c1-3-26-17(24)12-7-10(19)14-11(25-2)5-4-8(15(14)27-12)18-9(16(22)23)6-13(20)21/h4-7,18H,3H2,1-2H3,(H,20,21)(H,22,23). The second-order valence-electron chi connectivity index (χ2n) is 5.04. The summed E-state index contributed by atoms with van der Waals surface area (Å²) in [4.78, 5) is 46.4. The number of rotatable bonds is 7. The van der Waals surface area contributed by atoms with Gasteiger partial charge < -0.3 is 29.4 Å². The molecule has 0 amide bonds. The summed E-state index contributed by atoms with van der Waals surface area (Å²) in [5, 5.41) is 20.2. The molecular formula is C17H15NO9. The summed E-state index contributed by atoms with van der Waals surface area (Å²) in [7, 11) is 1.31. The number of nitrogens with one attached hydrogen (secondary N) is 1. The van der Waals surface area contributed by atoms with Gasteiger partial charge in [0.05, 0.1) is 25.5 Å². The van der Waals surface area contributed by atoms with Crippen LogP contribution in [0.2, 0.25) is 0 Å². The Balaban J connectivity index is 2.72. The maximum atomic E-state index is 12.4. The molecule has 0 aliphatic heterocycles. The van der Waals surface area contributed by atoms with Crippen molar-refractivity contribution in [1.29, 1.82) is 0 Å². The molecule has 0 spiro atoms. The van der Waals surface area contributed by atoms with Gasteiger partial charge in [-0.15, -0.1) is 0 Å². The fourth-order valence-corrected chi connectivity index (χ4v) is 2.23. The predicted octanol–water partition coefficient (Wildman–Crippen LogP) is 1.44. The van der Waals surface area contributed by atoms with Gasteiger partial charge in [-0.2, -0.15) is 0 Å². The van der Waals surface area contributed by atoms with E-state index in [2.05, 4.69) is 5.32 Å². The van der Waals surface area contributed by atoms with E-state index in [4.69, 9.17) is 24.1 Å². The Hall–Kier alpha value is -3.82. The first-order valence-electron chi connectivity index (χ1n) is 7.55. The van der Waals surface area contributed by atoms with Crippen LogP contribution in [0.5, 0.6) is 5.75 Å². The molecule has 3 N–H and O–H groups in total. The highest BCUT2D eigenvalue weighted by atomic mass is 16.5. The van der Waals surface area contributed by atoms with Gasteiger partial charge in [-0.1, -0.05) is 0 Å². The lowest BCUT2D eigenvalue weighted by Gasteiger charge is -2.12. The van der Waals surface area contributed by atoms with Crippen molar-refractivity contribution in [1.82, 2.24) is 0 Å². The van der Waals surface area contributed by atoms with Crippen molar-refractivity contribution in [2.24, 2.45) is 0 Å². The molecule has 0 radical (unpaired) electrons. The van der Waals surface area contributed by atoms with Crippen LogP contribution in [0.4, 0.5) is 5.69 Å². The number of methoxy groups -OCH3 is 1. The zero-order valence-electron chi connectivity index (χ0n) is 14.3. The molecular weight excluding hydrogens is 362 g/mol. The van der Waals surface area contributed by atoms with E-state index < -0.39 is 34.8 Å². The van der Waals surface area contributed by atoms with E-state index in [1.54, 1.807) is 6.92 Å². The van der Waals surface area contributed by atoms with Gasteiger partial charge in [0.15, 0.2) is 11.0 Å². The molecule has 27 heavy (non-hydrogen) atoms. The first-order valence-corrected chi connectivity index (χ1v) is 7.55. The zero-order chi connectivity index (χ0) is 20.1. The van der Waals surface area contributed by atoms with E-state index in [1.807, 2.05) is 0 Å². The average molecular weight is 377 g/mol. The number of carbonyl (C=O) groups is 3. The molecule has 0 saturated heterocycles. The average Bonchev–Trinajstić information content (AvgIpc) is 2.61. The quantitative estimate of drug-likeness (QED) is 0.477. The summed E-state index contributed by atoms with van der Waals surface area (Å²) >= 11 is 0. The van der Waals surface area contributed by atoms with E-state index in [0.717, 1.165) is 6.07 Å². The number of fused-ring (bicyclic) bond motifs is 1. The van der Waals surface area contributed by atoms with Gasteiger partial charge in [0.1, 0.15) is 16.8 Å². The zero-order valence-corrected chi connectivity index (χ0v) is 14.3. The van der Waals surface area contributed by atoms with Crippen LogP contribution in [0, 0.1) is 0 Å². The highest BCUT2D eigenvalue weighted by molar-refractivity contribution is 6.01. The van der Waals surface area contributed by atoms with Gasteiger partial charge >= 0.3 is 17.9 Å². The molecule has 1 aromatic carbocycles. The van der Waals surface area contributed by atoms with Crippen molar-refractivity contribution in [3.05, 3.63) is 46.0 Å². The van der Waals surface area contributed by atoms with Crippen molar-refractivity contribution in [3.63, 3.8) is 0 Å². The Labute approximate surface area is 151 Å². The number of carboxylic acids is 2. The van der Waals surface area contributed by atoms with Crippen LogP contribution >= 0.6 is 0 Å². The first-order chi connectivity index (χ1) is 12.8. The number of esters is 1. The molecule has 0 aliphatic rings. The summed E-state index contributed by atoms with van der Waals surface area (Å²) in [6, 6.07) is 3.61. The van der Waals surface area contributed by atoms with Crippen molar-refractivity contribution < 1.29 is 38.5 Å². The Morgan fingerprint density at radius 3 is 2.52 bits per heavy atom. The van der Waals surface area contributed by atoms with Crippen LogP contribution in [0.1, 0.15) is 17.5 Å². The number of carbonyl (C=O) groups excluding carboxylic acids is 1. The Bertz CT molecular complexity index is 1000. The Morgan fingerprint density at radius 1 is 1.26 bits per heavy atom. The first kappa shape index (κ1) is 19.5. The molecule has 0 aliphatic carbocycles. The van der Waals surface area contributed by atoms with Crippen LogP contribution in [0.25, 0.3) is 11.0 Å². The molecule has 10 heteroatoms. The highest BCUT2D eigenvalue weighted by Gasteiger charge is 2.20. The molecule has 2 aromatic rings. The smallest absolute Gasteiger partial charge is 0.374 e. The minimum atomic E-state index is -1.55. The van der Waals surface area contributed by atoms with Crippen LogP contribution in [-0.4, -0.2) is 41.8 Å². The van der Waals surface area contributed by atoms with E-state index in [-0.39, 0.29) is 29.0 Å². The Morgan fingerprint density at radius 2 is 1.96 bits per heavy atom. The number of ether oxygens (including phenoxy) is 2. The number of hydrogen-bond donors (Lipinski definition) is 3. The SMILES string of the molecule is CCOC(=O)c1cc(=O)c2c(OC)ccc(NC(=CC(=O)O)C(=O)O)c2o1. The molecule has 0 fully saturated rings. The summed E-state index contributed by atoms with van der Waals surface area (Å²) in [5.74, 6) is -4.20. The molecule has 0 unspecified atom stereocenters. The fourth-order valence-electron chi connectivity index (χ4n) is 2.23. The normalized spacial score (nSPS) is 11.1. The molecule has 0 bridgehead atoms. The van der Waals surface area contributed by atoms with E-state index in [1.165, 1.54) is 19.2 Å². The second kappa shape index (κ2) is 8.04. The lowest BCUT2D eigenvalue weighted by atomic mass is 10.1. The maximum absolute atomic E-state index is 12.4. The van der Waals surface area contributed by atoms with E-state index in [0.29, 0.717) is 6.08 Å². The van der Waals surface area contributed by atoms with E-state index >= 15 is 0 Å². The van der Waals surface area contributed by atoms with Crippen LogP contribution < -0.4 is 15.5 Å². The fraction of sp³-hybridized carbons (Fsp3) is 0.176. The monoisotopic (exact) mass is 377 g/mol. The minimum absolute atomic E-state index is 0.0499. The highest BCUT2D eigenvalue weighted by Crippen LogP contribution is 2.31. The molecule has 0 atom stereocenters. The van der Waals surface area contributed by atoms with Gasteiger partial charge in [-0.3, -0.25) is 4.79 Å². The van der Waals surface area contributed by atoms with E-state index in [9.17, 15) is 19.2 Å². The largest absolute Gasteiger partial charge is 0.496 e. The van der Waals surface area contributed by atoms with Gasteiger partial charge in [0.2, 0.25) is 5.76 Å². The third kappa shape index (κ3) is 4.24. The number of carboxylic acid groups (broad SMARTS) is 2. The lowest BCUT2D eigenvalue weighted by molar-refractivity contribution is -0.134. The van der Waals surface area contributed by atoms with Gasteiger partial charge in [0.25, 0.3) is 0 Å². The maximum Gasteiger partial charge on any atom is 0.374 e. The summed E-state index contributed by atoms with van der Waals surface area (Å²) in [6.07, 6.45) is 0.436. The number of benzene rings is 1. The molecule has 2 rings (SSSR count). The van der Waals surface area contributed by atoms with Crippen LogP contribution in [-0.2, 0) is 14.3 Å². The van der Waals surface area contributed by atoms with Crippen LogP contribution in [0.15, 0.2) is 39.2 Å². The number of hydrogen-bond acceptors (Lipinski definition) is 8. The number of aliphatic carboxylic acids is 2. The molecule has 0 saturated carbocycles. The van der Waals surface area contributed by atoms with Crippen LogP contribution in [0.3, 0.4) is 0 Å². The van der Waals surface area contributed by atoms with Crippen molar-refractivity contribution in [3.8, 4) is 5.75 Å². The third-order valence-electron chi connectivity index (χ3n) is 3.30. The number of anilines is 1. The third-order valence-corrected chi connectivity index (χ3v) is 3.30. The Kier molecular flexibility index (Phi) is 5.81. The second-order valence-corrected chi connectivity index (χ2v) is 5.04. The van der Waals surface area contributed by atoms with Crippen molar-refractivity contribution >= 4 is 34.6 Å². The summed E-state index contributed by atoms with van der Waals surface area (Å²) in [6.45, 7) is 1.62. The lowest BCUT2D eigenvalue weighted by Crippen LogP contribution is -2.15. The van der Waals surface area contributed by atoms with Crippen molar-refractivity contribution in [2.45, 2.75) is 6.92 Å². The van der Waals surface area contributed by atoms with Gasteiger partial charge in [0, 0.05) is 6.07 Å². The molecule has 142 valence electrons. The summed E-state index contributed by atoms with van der Waals surface area (Å²) in [5.41, 5.74) is -1.55. The molecule has 1 heterocycles. The molecule has 1 aromatic heterocycles. The van der Waals surface area contributed by atoms with Crippen molar-refractivity contribution in [2.75, 3.05) is 19.0 Å². The molecule has 10 nitrogen and oxygen atoms in total. The van der Waals surface area contributed by atoms with Gasteiger partial charge in [-0.25, -0.2) is 14.4 Å². The minimum Gasteiger partial charge on any atom is -0.496 e. The summed E-state index contributed by atoms with van der Waals surface area (Å²) < 4.78 is 15.3. The van der Waals surface area contributed by atoms with Gasteiger partial charge in [-0.05, 0) is 19.1 Å². The topological polar surface area (TPSA) is 152 Å². The predicted molar refractivity (Wildman–Crippen MR) is 92.0 cm³/mol.